The molecular formula is C23H29N3O3S. The minimum atomic E-state index is -3.81. The van der Waals surface area contributed by atoms with Crippen LogP contribution in [0.15, 0.2) is 41.4 Å². The van der Waals surface area contributed by atoms with E-state index >= 15 is 0 Å². The van der Waals surface area contributed by atoms with E-state index in [1.165, 1.54) is 17.5 Å². The molecule has 1 saturated heterocycles. The lowest BCUT2D eigenvalue weighted by molar-refractivity contribution is 0.174. The smallest absolute Gasteiger partial charge is 0.268 e. The van der Waals surface area contributed by atoms with Gasteiger partial charge in [-0.2, -0.15) is 0 Å². The van der Waals surface area contributed by atoms with Crippen molar-refractivity contribution in [2.45, 2.75) is 45.1 Å². The maximum Gasteiger partial charge on any atom is 0.268 e. The number of pyridine rings is 1. The van der Waals surface area contributed by atoms with Crippen molar-refractivity contribution < 1.29 is 13.2 Å². The van der Waals surface area contributed by atoms with Gasteiger partial charge in [-0.25, -0.2) is 17.4 Å². The van der Waals surface area contributed by atoms with Crippen LogP contribution in [-0.2, 0) is 16.6 Å². The Labute approximate surface area is 178 Å². The van der Waals surface area contributed by atoms with E-state index in [4.69, 9.17) is 4.74 Å². The van der Waals surface area contributed by atoms with Crippen LogP contribution in [-0.4, -0.2) is 42.5 Å². The summed E-state index contributed by atoms with van der Waals surface area (Å²) in [5, 5.41) is 0.859. The fourth-order valence-corrected chi connectivity index (χ4v) is 5.87. The highest BCUT2D eigenvalue weighted by Gasteiger charge is 2.28. The van der Waals surface area contributed by atoms with Crippen LogP contribution < -0.4 is 4.74 Å². The number of rotatable bonds is 5. The van der Waals surface area contributed by atoms with E-state index in [1.54, 1.807) is 18.3 Å². The van der Waals surface area contributed by atoms with Gasteiger partial charge in [0.15, 0.2) is 0 Å². The Bertz CT molecular complexity index is 1170. The monoisotopic (exact) mass is 427 g/mol. The number of piperidine rings is 1. The average Bonchev–Trinajstić information content (AvgIpc) is 3.09. The molecule has 2 aromatic heterocycles. The first kappa shape index (κ1) is 20.9. The zero-order valence-electron chi connectivity index (χ0n) is 18.1. The predicted octanol–water partition coefficient (Wildman–Crippen LogP) is 4.13. The Balaban J connectivity index is 1.93. The largest absolute Gasteiger partial charge is 0.479 e. The van der Waals surface area contributed by atoms with Gasteiger partial charge in [0.25, 0.3) is 10.0 Å². The molecule has 0 unspecified atom stereocenters. The molecule has 0 bridgehead atoms. The number of aromatic nitrogens is 2. The van der Waals surface area contributed by atoms with Gasteiger partial charge < -0.3 is 4.74 Å². The van der Waals surface area contributed by atoms with Crippen molar-refractivity contribution in [3.05, 3.63) is 53.3 Å². The summed E-state index contributed by atoms with van der Waals surface area (Å²) in [5.74, 6) is 0.938. The van der Waals surface area contributed by atoms with Crippen LogP contribution in [0.2, 0.25) is 0 Å². The minimum Gasteiger partial charge on any atom is -0.479 e. The molecule has 1 aliphatic rings. The number of aryl methyl sites for hydroxylation is 2. The van der Waals surface area contributed by atoms with Gasteiger partial charge >= 0.3 is 0 Å². The molecule has 4 rings (SSSR count). The van der Waals surface area contributed by atoms with Crippen molar-refractivity contribution in [3.63, 3.8) is 0 Å². The fourth-order valence-electron chi connectivity index (χ4n) is 4.34. The van der Waals surface area contributed by atoms with Gasteiger partial charge in [-0.1, -0.05) is 24.6 Å². The second kappa shape index (κ2) is 8.04. The minimum absolute atomic E-state index is 0.266. The van der Waals surface area contributed by atoms with Gasteiger partial charge in [-0.15, -0.1) is 0 Å². The summed E-state index contributed by atoms with van der Waals surface area (Å²) in [6.07, 6.45) is 4.09. The molecule has 1 aromatic carbocycles. The molecule has 0 aliphatic carbocycles. The van der Waals surface area contributed by atoms with Crippen molar-refractivity contribution in [1.29, 1.82) is 0 Å². The number of methoxy groups -OCH3 is 1. The van der Waals surface area contributed by atoms with Crippen LogP contribution in [0.5, 0.6) is 5.88 Å². The highest BCUT2D eigenvalue weighted by molar-refractivity contribution is 7.90. The normalized spacial score (nSPS) is 18.1. The lowest BCUT2D eigenvalue weighted by Crippen LogP contribution is -2.34. The summed E-state index contributed by atoms with van der Waals surface area (Å²) in [5.41, 5.74) is 3.20. The van der Waals surface area contributed by atoms with Crippen LogP contribution in [0.1, 0.15) is 36.6 Å². The second-order valence-corrected chi connectivity index (χ2v) is 10.2. The molecule has 3 heterocycles. The maximum atomic E-state index is 13.8. The Hall–Kier alpha value is -2.38. The Kier molecular flexibility index (Phi) is 5.59. The Morgan fingerprint density at radius 1 is 1.20 bits per heavy atom. The first-order valence-electron chi connectivity index (χ1n) is 10.4. The molecule has 0 radical (unpaired) electrons. The predicted molar refractivity (Wildman–Crippen MR) is 118 cm³/mol. The lowest BCUT2D eigenvalue weighted by atomic mass is 10.0. The topological polar surface area (TPSA) is 64.4 Å². The fraction of sp³-hybridized carbons (Fsp3) is 0.435. The zero-order chi connectivity index (χ0) is 21.5. The molecule has 30 heavy (non-hydrogen) atoms. The standard InChI is InChI=1S/C23H29N3O3S/c1-16-7-9-20(10-8-16)30(27,28)26-19(15-25-11-5-6-17(2)14-25)12-21-18(3)13-24-23(29-4)22(21)26/h7-10,12-13,17H,5-6,11,14-15H2,1-4H3/t17-/m0/s1. The van der Waals surface area contributed by atoms with Crippen molar-refractivity contribution in [2.24, 2.45) is 5.92 Å². The number of ether oxygens (including phenoxy) is 1. The third-order valence-corrected chi connectivity index (χ3v) is 7.68. The molecule has 0 saturated carbocycles. The van der Waals surface area contributed by atoms with E-state index in [0.29, 0.717) is 23.9 Å². The summed E-state index contributed by atoms with van der Waals surface area (Å²) in [6.45, 7) is 8.67. The molecule has 1 atom stereocenters. The van der Waals surface area contributed by atoms with Crippen molar-refractivity contribution >= 4 is 20.9 Å². The molecule has 0 spiro atoms. The van der Waals surface area contributed by atoms with E-state index in [1.807, 2.05) is 32.0 Å². The van der Waals surface area contributed by atoms with E-state index in [-0.39, 0.29) is 4.90 Å². The average molecular weight is 428 g/mol. The van der Waals surface area contributed by atoms with Crippen molar-refractivity contribution in [2.75, 3.05) is 20.2 Å². The quantitative estimate of drug-likeness (QED) is 0.613. The van der Waals surface area contributed by atoms with Gasteiger partial charge in [0, 0.05) is 30.4 Å². The Morgan fingerprint density at radius 2 is 1.93 bits per heavy atom. The summed E-state index contributed by atoms with van der Waals surface area (Å²) in [4.78, 5) is 6.97. The lowest BCUT2D eigenvalue weighted by Gasteiger charge is -2.31. The number of nitrogens with zero attached hydrogens (tertiary/aromatic N) is 3. The van der Waals surface area contributed by atoms with E-state index in [9.17, 15) is 8.42 Å². The summed E-state index contributed by atoms with van der Waals surface area (Å²) >= 11 is 0. The number of fused-ring (bicyclic) bond motifs is 1. The summed E-state index contributed by atoms with van der Waals surface area (Å²) < 4.78 is 34.5. The number of benzene rings is 1. The van der Waals surface area contributed by atoms with Crippen LogP contribution in [0.4, 0.5) is 0 Å². The first-order chi connectivity index (χ1) is 14.3. The highest BCUT2D eigenvalue weighted by Crippen LogP contribution is 2.34. The molecule has 0 N–H and O–H groups in total. The third kappa shape index (κ3) is 3.72. The third-order valence-electron chi connectivity index (χ3n) is 5.91. The van der Waals surface area contributed by atoms with E-state index in [0.717, 1.165) is 41.7 Å². The van der Waals surface area contributed by atoms with Gasteiger partial charge in [0.2, 0.25) is 5.88 Å². The van der Waals surface area contributed by atoms with Gasteiger partial charge in [-0.3, -0.25) is 4.90 Å². The molecular weight excluding hydrogens is 398 g/mol. The summed E-state index contributed by atoms with van der Waals surface area (Å²) in [6, 6.07) is 8.97. The number of hydrogen-bond donors (Lipinski definition) is 0. The Morgan fingerprint density at radius 3 is 2.60 bits per heavy atom. The van der Waals surface area contributed by atoms with Crippen molar-refractivity contribution in [1.82, 2.24) is 13.9 Å². The van der Waals surface area contributed by atoms with Crippen LogP contribution >= 0.6 is 0 Å². The van der Waals surface area contributed by atoms with Crippen molar-refractivity contribution in [3.8, 4) is 5.88 Å². The summed E-state index contributed by atoms with van der Waals surface area (Å²) in [7, 11) is -2.29. The van der Waals surface area contributed by atoms with Gasteiger partial charge in [0.05, 0.1) is 12.0 Å². The molecule has 1 aliphatic heterocycles. The first-order valence-corrected chi connectivity index (χ1v) is 11.8. The SMILES string of the molecule is COc1ncc(C)c2cc(CN3CCC[C@H](C)C3)n(S(=O)(=O)c3ccc(C)cc3)c12. The maximum absolute atomic E-state index is 13.8. The highest BCUT2D eigenvalue weighted by atomic mass is 32.2. The van der Waals surface area contributed by atoms with Crippen LogP contribution in [0.25, 0.3) is 10.9 Å². The zero-order valence-corrected chi connectivity index (χ0v) is 18.9. The molecule has 6 nitrogen and oxygen atoms in total. The molecule has 7 heteroatoms. The van der Waals surface area contributed by atoms with Gasteiger partial charge in [-0.05, 0) is 62.9 Å². The number of likely N-dealkylation sites (tertiary alicyclic amines) is 1. The molecule has 160 valence electrons. The van der Waals surface area contributed by atoms with Gasteiger partial charge in [0.1, 0.15) is 5.52 Å². The number of hydrogen-bond acceptors (Lipinski definition) is 5. The van der Waals surface area contributed by atoms with E-state index in [2.05, 4.69) is 16.8 Å². The molecule has 3 aromatic rings. The molecule has 0 amide bonds. The second-order valence-electron chi connectivity index (χ2n) is 8.41. The van der Waals surface area contributed by atoms with Crippen LogP contribution in [0.3, 0.4) is 0 Å². The van der Waals surface area contributed by atoms with E-state index < -0.39 is 10.0 Å². The van der Waals surface area contributed by atoms with Crippen LogP contribution in [0, 0.1) is 19.8 Å². The molecule has 1 fully saturated rings.